The lowest BCUT2D eigenvalue weighted by atomic mass is 9.76. The fraction of sp³-hybridized carbons (Fsp3) is 0.0400. The topological polar surface area (TPSA) is 13.1 Å². The van der Waals surface area contributed by atoms with Gasteiger partial charge in [0.2, 0.25) is 0 Å². The van der Waals surface area contributed by atoms with Gasteiger partial charge in [-0.3, -0.25) is 0 Å². The Morgan fingerprint density at radius 2 is 0.941 bits per heavy atom. The minimum absolute atomic E-state index is 0.407. The van der Waals surface area contributed by atoms with Gasteiger partial charge < -0.3 is 4.42 Å². The summed E-state index contributed by atoms with van der Waals surface area (Å²) in [5.41, 5.74) is 12.1. The molecule has 0 bridgehead atoms. The quantitative estimate of drug-likeness (QED) is 0.174. The minimum Gasteiger partial charge on any atom is -0.456 e. The SMILES string of the molecule is C1=CC2C=Cc3cc(-c4c5ccccc5c(-c5ccc6cc(-c7ccc8oc9ccccc9c8c7)ccc6c5)c5ccccc45)ccc3C2C=C1. The maximum absolute atomic E-state index is 6.09. The predicted octanol–water partition coefficient (Wildman–Crippen LogP) is 13.9. The van der Waals surface area contributed by atoms with Crippen LogP contribution >= 0.6 is 0 Å². The highest BCUT2D eigenvalue weighted by atomic mass is 16.3. The van der Waals surface area contributed by atoms with Crippen LogP contribution in [0.2, 0.25) is 0 Å². The maximum atomic E-state index is 6.09. The Bertz CT molecular complexity index is 2930. The van der Waals surface area contributed by atoms with Crippen molar-refractivity contribution in [1.82, 2.24) is 0 Å². The zero-order chi connectivity index (χ0) is 33.5. The van der Waals surface area contributed by atoms with Gasteiger partial charge in [-0.1, -0.05) is 146 Å². The second-order valence-corrected chi connectivity index (χ2v) is 14.0. The average Bonchev–Trinajstić information content (AvgIpc) is 3.57. The fourth-order valence-electron chi connectivity index (χ4n) is 8.75. The molecular formula is C50H32O. The lowest BCUT2D eigenvalue weighted by molar-refractivity contribution is 0.669. The van der Waals surface area contributed by atoms with Gasteiger partial charge in [0.05, 0.1) is 0 Å². The van der Waals surface area contributed by atoms with Crippen LogP contribution in [0.15, 0.2) is 180 Å². The van der Waals surface area contributed by atoms with Crippen LogP contribution in [0.25, 0.3) is 93.7 Å². The molecular weight excluding hydrogens is 617 g/mol. The summed E-state index contributed by atoms with van der Waals surface area (Å²) >= 11 is 0. The van der Waals surface area contributed by atoms with Crippen LogP contribution in [0.1, 0.15) is 17.0 Å². The van der Waals surface area contributed by atoms with E-state index in [0.717, 1.165) is 21.9 Å². The molecule has 2 aliphatic rings. The zero-order valence-electron chi connectivity index (χ0n) is 27.9. The molecule has 11 rings (SSSR count). The molecule has 9 aromatic rings. The Hall–Kier alpha value is -6.44. The molecule has 2 atom stereocenters. The van der Waals surface area contributed by atoms with Crippen LogP contribution in [0, 0.1) is 5.92 Å². The van der Waals surface area contributed by atoms with E-state index in [1.165, 1.54) is 76.8 Å². The first kappa shape index (κ1) is 28.4. The second-order valence-electron chi connectivity index (χ2n) is 14.0. The van der Waals surface area contributed by atoms with Crippen molar-refractivity contribution < 1.29 is 4.42 Å². The molecule has 0 aliphatic heterocycles. The van der Waals surface area contributed by atoms with Crippen molar-refractivity contribution in [1.29, 1.82) is 0 Å². The molecule has 2 aliphatic carbocycles. The molecule has 0 N–H and O–H groups in total. The molecule has 1 aromatic heterocycles. The van der Waals surface area contributed by atoms with Crippen molar-refractivity contribution in [2.45, 2.75) is 5.92 Å². The van der Waals surface area contributed by atoms with Crippen LogP contribution in [-0.4, -0.2) is 0 Å². The van der Waals surface area contributed by atoms with E-state index in [1.54, 1.807) is 0 Å². The number of hydrogen-bond acceptors (Lipinski definition) is 1. The number of hydrogen-bond donors (Lipinski definition) is 0. The first-order valence-electron chi connectivity index (χ1n) is 17.8. The first-order valence-corrected chi connectivity index (χ1v) is 17.8. The largest absolute Gasteiger partial charge is 0.456 e. The number of fused-ring (bicyclic) bond motifs is 9. The number of para-hydroxylation sites is 1. The van der Waals surface area contributed by atoms with E-state index in [0.29, 0.717) is 11.8 Å². The normalized spacial score (nSPS) is 16.4. The molecule has 8 aromatic carbocycles. The highest BCUT2D eigenvalue weighted by molar-refractivity contribution is 6.22. The summed E-state index contributed by atoms with van der Waals surface area (Å²) < 4.78 is 6.09. The Labute approximate surface area is 296 Å². The summed E-state index contributed by atoms with van der Waals surface area (Å²) in [5, 5.41) is 9.87. The number of rotatable bonds is 3. The molecule has 0 saturated carbocycles. The molecule has 1 nitrogen and oxygen atoms in total. The Morgan fingerprint density at radius 1 is 0.392 bits per heavy atom. The van der Waals surface area contributed by atoms with Crippen molar-refractivity contribution >= 4 is 60.3 Å². The second kappa shape index (κ2) is 11.0. The molecule has 2 unspecified atom stereocenters. The first-order chi connectivity index (χ1) is 25.3. The number of allylic oxidation sites excluding steroid dienone is 5. The van der Waals surface area contributed by atoms with Gasteiger partial charge in [-0.15, -0.1) is 0 Å². The van der Waals surface area contributed by atoms with Gasteiger partial charge in [-0.05, 0) is 113 Å². The molecule has 0 fully saturated rings. The van der Waals surface area contributed by atoms with Gasteiger partial charge in [0.15, 0.2) is 0 Å². The Balaban J connectivity index is 1.05. The van der Waals surface area contributed by atoms with Crippen LogP contribution < -0.4 is 0 Å². The zero-order valence-corrected chi connectivity index (χ0v) is 27.9. The maximum Gasteiger partial charge on any atom is 0.135 e. The molecule has 0 spiro atoms. The van der Waals surface area contributed by atoms with Crippen LogP contribution in [0.5, 0.6) is 0 Å². The summed E-state index contributed by atoms with van der Waals surface area (Å²) in [6.45, 7) is 0. The average molecular weight is 649 g/mol. The van der Waals surface area contributed by atoms with E-state index in [1.807, 2.05) is 12.1 Å². The predicted molar refractivity (Wildman–Crippen MR) is 216 cm³/mol. The summed E-state index contributed by atoms with van der Waals surface area (Å²) in [4.78, 5) is 0. The number of furan rings is 1. The molecule has 0 saturated heterocycles. The molecule has 0 amide bonds. The van der Waals surface area contributed by atoms with E-state index >= 15 is 0 Å². The van der Waals surface area contributed by atoms with E-state index < -0.39 is 0 Å². The monoisotopic (exact) mass is 648 g/mol. The summed E-state index contributed by atoms with van der Waals surface area (Å²) in [7, 11) is 0. The molecule has 238 valence electrons. The van der Waals surface area contributed by atoms with Gasteiger partial charge in [0, 0.05) is 22.6 Å². The van der Waals surface area contributed by atoms with Crippen molar-refractivity contribution in [3.63, 3.8) is 0 Å². The van der Waals surface area contributed by atoms with Crippen LogP contribution in [0.4, 0.5) is 0 Å². The Kier molecular flexibility index (Phi) is 6.15. The van der Waals surface area contributed by atoms with Crippen molar-refractivity contribution in [2.24, 2.45) is 5.92 Å². The van der Waals surface area contributed by atoms with Crippen molar-refractivity contribution in [3.05, 3.63) is 187 Å². The van der Waals surface area contributed by atoms with Crippen molar-refractivity contribution in [2.75, 3.05) is 0 Å². The van der Waals surface area contributed by atoms with E-state index in [2.05, 4.69) is 170 Å². The van der Waals surface area contributed by atoms with Gasteiger partial charge in [0.1, 0.15) is 11.2 Å². The van der Waals surface area contributed by atoms with E-state index in [-0.39, 0.29) is 0 Å². The molecule has 1 heterocycles. The standard InChI is InChI=1S/C50H32O/c1-2-10-39-31(9-1)17-21-36-29-38(23-25-40(36)39)50-44-14-5-3-12-42(44)49(43-13-4-6-15-45(43)50)37-22-20-32-27-33(18-19-34(32)28-37)35-24-26-48-46(30-35)41-11-7-8-16-47(41)51-48/h1-31,39H. The smallest absolute Gasteiger partial charge is 0.135 e. The van der Waals surface area contributed by atoms with Gasteiger partial charge in [-0.2, -0.15) is 0 Å². The summed E-state index contributed by atoms with van der Waals surface area (Å²) in [6, 6.07) is 53.6. The third-order valence-corrected chi connectivity index (χ3v) is 11.2. The van der Waals surface area contributed by atoms with Gasteiger partial charge >= 0.3 is 0 Å². The molecule has 51 heavy (non-hydrogen) atoms. The minimum atomic E-state index is 0.407. The fourth-order valence-corrected chi connectivity index (χ4v) is 8.75. The summed E-state index contributed by atoms with van der Waals surface area (Å²) in [6.07, 6.45) is 13.7. The lowest BCUT2D eigenvalue weighted by Gasteiger charge is -2.28. The van der Waals surface area contributed by atoms with E-state index in [9.17, 15) is 0 Å². The lowest BCUT2D eigenvalue weighted by Crippen LogP contribution is -2.13. The highest BCUT2D eigenvalue weighted by Gasteiger charge is 2.25. The molecule has 1 heteroatoms. The van der Waals surface area contributed by atoms with Gasteiger partial charge in [-0.25, -0.2) is 0 Å². The van der Waals surface area contributed by atoms with Gasteiger partial charge in [0.25, 0.3) is 0 Å². The van der Waals surface area contributed by atoms with Crippen molar-refractivity contribution in [3.8, 4) is 33.4 Å². The van der Waals surface area contributed by atoms with Crippen LogP contribution in [-0.2, 0) is 0 Å². The third kappa shape index (κ3) is 4.41. The number of benzene rings is 8. The van der Waals surface area contributed by atoms with E-state index in [4.69, 9.17) is 4.42 Å². The Morgan fingerprint density at radius 3 is 1.69 bits per heavy atom. The third-order valence-electron chi connectivity index (χ3n) is 11.2. The summed E-state index contributed by atoms with van der Waals surface area (Å²) in [5.74, 6) is 0.847. The van der Waals surface area contributed by atoms with Crippen LogP contribution in [0.3, 0.4) is 0 Å². The highest BCUT2D eigenvalue weighted by Crippen LogP contribution is 2.46. The molecule has 0 radical (unpaired) electrons.